The van der Waals surface area contributed by atoms with Gasteiger partial charge in [-0.3, -0.25) is 4.79 Å². The predicted octanol–water partition coefficient (Wildman–Crippen LogP) is 2.81. The van der Waals surface area contributed by atoms with Gasteiger partial charge in [0.2, 0.25) is 0 Å². The zero-order valence-electron chi connectivity index (χ0n) is 13.1. The molecule has 116 valence electrons. The van der Waals surface area contributed by atoms with Crippen LogP contribution in [0.15, 0.2) is 24.3 Å². The van der Waals surface area contributed by atoms with Gasteiger partial charge in [0.15, 0.2) is 0 Å². The van der Waals surface area contributed by atoms with Crippen molar-refractivity contribution in [1.29, 1.82) is 0 Å². The number of piperidine rings is 1. The molecule has 1 atom stereocenters. The molecule has 1 saturated heterocycles. The smallest absolute Gasteiger partial charge is 0.309 e. The van der Waals surface area contributed by atoms with Gasteiger partial charge < -0.3 is 14.7 Å². The number of ether oxygens (including phenoxy) is 1. The van der Waals surface area contributed by atoms with Gasteiger partial charge in [0.05, 0.1) is 12.5 Å². The molecular weight excluding hydrogens is 266 g/mol. The number of carboxylic acids is 1. The maximum atomic E-state index is 11.3. The average molecular weight is 291 g/mol. The Bertz CT molecular complexity index is 493. The lowest BCUT2D eigenvalue weighted by molar-refractivity contribution is -0.151. The van der Waals surface area contributed by atoms with E-state index in [2.05, 4.69) is 17.9 Å². The number of hydrogen-bond donors (Lipinski definition) is 1. The molecule has 1 heterocycles. The van der Waals surface area contributed by atoms with Gasteiger partial charge in [0.25, 0.3) is 0 Å². The number of rotatable bonds is 5. The van der Waals surface area contributed by atoms with Crippen molar-refractivity contribution < 1.29 is 14.6 Å². The van der Waals surface area contributed by atoms with Gasteiger partial charge in [0, 0.05) is 6.04 Å². The highest BCUT2D eigenvalue weighted by Gasteiger charge is 2.37. The summed E-state index contributed by atoms with van der Waals surface area (Å²) in [6.45, 7) is 5.76. The van der Waals surface area contributed by atoms with E-state index >= 15 is 0 Å². The van der Waals surface area contributed by atoms with Crippen molar-refractivity contribution in [2.24, 2.45) is 5.41 Å². The number of hydrogen-bond acceptors (Lipinski definition) is 3. The van der Waals surface area contributed by atoms with E-state index in [9.17, 15) is 9.90 Å². The molecule has 0 aromatic heterocycles. The number of para-hydroxylation sites is 1. The summed E-state index contributed by atoms with van der Waals surface area (Å²) in [5.41, 5.74) is 0.653. The van der Waals surface area contributed by atoms with E-state index in [0.29, 0.717) is 6.04 Å². The van der Waals surface area contributed by atoms with Gasteiger partial charge in [-0.2, -0.15) is 0 Å². The first kappa shape index (κ1) is 15.8. The van der Waals surface area contributed by atoms with Gasteiger partial charge in [-0.05, 0) is 57.8 Å². The third kappa shape index (κ3) is 3.56. The standard InChI is InChI=1S/C17H25NO3/c1-13(12-14-6-4-5-7-15(14)21-3)18-10-8-17(2,9-11-18)16(19)20/h4-7,13H,8-12H2,1-3H3,(H,19,20). The lowest BCUT2D eigenvalue weighted by Crippen LogP contribution is -2.46. The number of carbonyl (C=O) groups is 1. The number of likely N-dealkylation sites (tertiary alicyclic amines) is 1. The molecule has 0 spiro atoms. The summed E-state index contributed by atoms with van der Waals surface area (Å²) in [5.74, 6) is 0.260. The zero-order valence-corrected chi connectivity index (χ0v) is 13.1. The maximum absolute atomic E-state index is 11.3. The SMILES string of the molecule is COc1ccccc1CC(C)N1CCC(C)(C(=O)O)CC1. The minimum Gasteiger partial charge on any atom is -0.496 e. The molecule has 21 heavy (non-hydrogen) atoms. The van der Waals surface area contributed by atoms with Gasteiger partial charge in [-0.1, -0.05) is 18.2 Å². The molecule has 0 saturated carbocycles. The van der Waals surface area contributed by atoms with Crippen LogP contribution in [0.3, 0.4) is 0 Å². The normalized spacial score (nSPS) is 20.0. The summed E-state index contributed by atoms with van der Waals surface area (Å²) in [6, 6.07) is 8.48. The first-order valence-electron chi connectivity index (χ1n) is 7.55. The second-order valence-electron chi connectivity index (χ2n) is 6.27. The van der Waals surface area contributed by atoms with Crippen molar-refractivity contribution in [3.05, 3.63) is 29.8 Å². The molecule has 1 N–H and O–H groups in total. The molecule has 0 amide bonds. The summed E-state index contributed by atoms with van der Waals surface area (Å²) < 4.78 is 5.40. The van der Waals surface area contributed by atoms with Crippen molar-refractivity contribution in [3.8, 4) is 5.75 Å². The Hall–Kier alpha value is -1.55. The van der Waals surface area contributed by atoms with Crippen molar-refractivity contribution in [1.82, 2.24) is 4.90 Å². The topological polar surface area (TPSA) is 49.8 Å². The first-order valence-corrected chi connectivity index (χ1v) is 7.55. The minimum absolute atomic E-state index is 0.389. The molecule has 0 bridgehead atoms. The number of methoxy groups -OCH3 is 1. The first-order chi connectivity index (χ1) is 9.96. The minimum atomic E-state index is -0.667. The van der Waals surface area contributed by atoms with Crippen LogP contribution < -0.4 is 4.74 Å². The Morgan fingerprint density at radius 3 is 2.57 bits per heavy atom. The molecule has 1 fully saturated rings. The van der Waals surface area contributed by atoms with E-state index < -0.39 is 11.4 Å². The molecule has 1 aromatic rings. The Balaban J connectivity index is 1.96. The Kier molecular flexibility index (Phi) is 4.88. The fourth-order valence-corrected chi connectivity index (χ4v) is 2.99. The second-order valence-corrected chi connectivity index (χ2v) is 6.27. The van der Waals surface area contributed by atoms with Gasteiger partial charge in [-0.15, -0.1) is 0 Å². The number of aliphatic carboxylic acids is 1. The average Bonchev–Trinajstić information content (AvgIpc) is 2.48. The monoisotopic (exact) mass is 291 g/mol. The van der Waals surface area contributed by atoms with Crippen molar-refractivity contribution >= 4 is 5.97 Å². The maximum Gasteiger partial charge on any atom is 0.309 e. The van der Waals surface area contributed by atoms with Crippen molar-refractivity contribution in [2.75, 3.05) is 20.2 Å². The molecule has 2 rings (SSSR count). The molecule has 0 radical (unpaired) electrons. The third-order valence-electron chi connectivity index (χ3n) is 4.75. The number of carboxylic acid groups (broad SMARTS) is 1. The lowest BCUT2D eigenvalue weighted by atomic mass is 9.80. The molecule has 1 aliphatic rings. The summed E-state index contributed by atoms with van der Waals surface area (Å²) in [6.07, 6.45) is 2.37. The second kappa shape index (κ2) is 6.48. The molecule has 4 nitrogen and oxygen atoms in total. The highest BCUT2D eigenvalue weighted by molar-refractivity contribution is 5.74. The van der Waals surface area contributed by atoms with Crippen LogP contribution in [0.1, 0.15) is 32.3 Å². The highest BCUT2D eigenvalue weighted by Crippen LogP contribution is 2.32. The largest absolute Gasteiger partial charge is 0.496 e. The van der Waals surface area contributed by atoms with E-state index in [1.165, 1.54) is 5.56 Å². The molecule has 0 aliphatic carbocycles. The number of nitrogens with zero attached hydrogens (tertiary/aromatic N) is 1. The van der Waals surface area contributed by atoms with E-state index in [-0.39, 0.29) is 0 Å². The van der Waals surface area contributed by atoms with Crippen LogP contribution in [0.2, 0.25) is 0 Å². The van der Waals surface area contributed by atoms with Crippen LogP contribution in [0, 0.1) is 5.41 Å². The van der Waals surface area contributed by atoms with E-state index in [1.807, 2.05) is 25.1 Å². The lowest BCUT2D eigenvalue weighted by Gasteiger charge is -2.39. The summed E-state index contributed by atoms with van der Waals surface area (Å²) in [4.78, 5) is 13.7. The summed E-state index contributed by atoms with van der Waals surface area (Å²) in [7, 11) is 1.70. The quantitative estimate of drug-likeness (QED) is 0.906. The van der Waals surface area contributed by atoms with Gasteiger partial charge >= 0.3 is 5.97 Å². The summed E-state index contributed by atoms with van der Waals surface area (Å²) >= 11 is 0. The van der Waals surface area contributed by atoms with Crippen LogP contribution in [-0.4, -0.2) is 42.2 Å². The molecule has 1 unspecified atom stereocenters. The van der Waals surface area contributed by atoms with E-state index in [0.717, 1.165) is 38.1 Å². The van der Waals surface area contributed by atoms with E-state index in [1.54, 1.807) is 7.11 Å². The van der Waals surface area contributed by atoms with Crippen molar-refractivity contribution in [2.45, 2.75) is 39.2 Å². The van der Waals surface area contributed by atoms with Gasteiger partial charge in [0.1, 0.15) is 5.75 Å². The fourth-order valence-electron chi connectivity index (χ4n) is 2.99. The van der Waals surface area contributed by atoms with Crippen LogP contribution >= 0.6 is 0 Å². The molecular formula is C17H25NO3. The zero-order chi connectivity index (χ0) is 15.5. The third-order valence-corrected chi connectivity index (χ3v) is 4.75. The predicted molar refractivity (Wildman–Crippen MR) is 82.7 cm³/mol. The van der Waals surface area contributed by atoms with Crippen molar-refractivity contribution in [3.63, 3.8) is 0 Å². The van der Waals surface area contributed by atoms with E-state index in [4.69, 9.17) is 4.74 Å². The Morgan fingerprint density at radius 1 is 1.38 bits per heavy atom. The Morgan fingerprint density at radius 2 is 2.00 bits per heavy atom. The molecule has 1 aromatic carbocycles. The number of benzene rings is 1. The Labute approximate surface area is 126 Å². The van der Waals surface area contributed by atoms with Crippen LogP contribution in [0.5, 0.6) is 5.75 Å². The van der Waals surface area contributed by atoms with Crippen LogP contribution in [0.4, 0.5) is 0 Å². The fraction of sp³-hybridized carbons (Fsp3) is 0.588. The van der Waals surface area contributed by atoms with Crippen LogP contribution in [-0.2, 0) is 11.2 Å². The molecule has 4 heteroatoms. The summed E-state index contributed by atoms with van der Waals surface area (Å²) in [5, 5.41) is 9.29. The molecule has 1 aliphatic heterocycles. The van der Waals surface area contributed by atoms with Crippen LogP contribution in [0.25, 0.3) is 0 Å². The van der Waals surface area contributed by atoms with Gasteiger partial charge in [-0.25, -0.2) is 0 Å². The highest BCUT2D eigenvalue weighted by atomic mass is 16.5.